The van der Waals surface area contributed by atoms with Gasteiger partial charge in [-0.25, -0.2) is 4.79 Å². The summed E-state index contributed by atoms with van der Waals surface area (Å²) in [7, 11) is 0. The number of carboxylic acids is 1. The Kier molecular flexibility index (Phi) is 5.41. The number of nitrogens with one attached hydrogen (secondary N) is 2. The highest BCUT2D eigenvalue weighted by Crippen LogP contribution is 2.36. The summed E-state index contributed by atoms with van der Waals surface area (Å²) in [4.78, 5) is 23.9. The molecule has 6 heteroatoms. The van der Waals surface area contributed by atoms with Gasteiger partial charge >= 0.3 is 5.97 Å². The van der Waals surface area contributed by atoms with Gasteiger partial charge in [-0.15, -0.1) is 0 Å². The van der Waals surface area contributed by atoms with Crippen LogP contribution < -0.4 is 10.6 Å². The van der Waals surface area contributed by atoms with Gasteiger partial charge in [0, 0.05) is 16.6 Å². The van der Waals surface area contributed by atoms with E-state index in [2.05, 4.69) is 10.6 Å². The first-order valence-electron chi connectivity index (χ1n) is 8.57. The molecule has 1 aliphatic heterocycles. The van der Waals surface area contributed by atoms with E-state index in [0.717, 1.165) is 13.0 Å². The number of carbonyl (C=O) groups excluding carboxylic acids is 1. The molecule has 3 N–H and O–H groups in total. The first-order chi connectivity index (χ1) is 11.5. The summed E-state index contributed by atoms with van der Waals surface area (Å²) in [6, 6.07) is 6.11. The zero-order valence-electron chi connectivity index (χ0n) is 13.5. The molecule has 4 unspecified atom stereocenters. The zero-order chi connectivity index (χ0) is 17.1. The fourth-order valence-corrected chi connectivity index (χ4v) is 4.18. The molecule has 3 rings (SSSR count). The Morgan fingerprint density at radius 1 is 1.25 bits per heavy atom. The normalized spacial score (nSPS) is 27.3. The van der Waals surface area contributed by atoms with Crippen LogP contribution in [0.1, 0.15) is 42.5 Å². The molecule has 1 heterocycles. The molecule has 1 aliphatic carbocycles. The van der Waals surface area contributed by atoms with Gasteiger partial charge in [0.15, 0.2) is 0 Å². The van der Waals surface area contributed by atoms with Crippen molar-refractivity contribution < 1.29 is 14.7 Å². The average Bonchev–Trinajstić information content (AvgIpc) is 2.98. The SMILES string of the molecule is O=C(NC(CC1CNC2CCCCC12)C(=O)O)c1ccc(Cl)cc1. The van der Waals surface area contributed by atoms with E-state index in [1.165, 1.54) is 19.3 Å². The lowest BCUT2D eigenvalue weighted by molar-refractivity contribution is -0.139. The Labute approximate surface area is 146 Å². The highest BCUT2D eigenvalue weighted by atomic mass is 35.5. The van der Waals surface area contributed by atoms with Gasteiger partial charge < -0.3 is 15.7 Å². The van der Waals surface area contributed by atoms with Crippen molar-refractivity contribution in [1.82, 2.24) is 10.6 Å². The van der Waals surface area contributed by atoms with Crippen LogP contribution in [0.3, 0.4) is 0 Å². The largest absolute Gasteiger partial charge is 0.480 e. The number of amides is 1. The molecule has 5 nitrogen and oxygen atoms in total. The van der Waals surface area contributed by atoms with Gasteiger partial charge in [0.2, 0.25) is 0 Å². The van der Waals surface area contributed by atoms with Gasteiger partial charge in [-0.05, 0) is 61.9 Å². The molecule has 2 aliphatic rings. The van der Waals surface area contributed by atoms with Gasteiger partial charge in [-0.1, -0.05) is 24.4 Å². The standard InChI is InChI=1S/C18H23ClN2O3/c19-13-7-5-11(6-8-13)17(22)21-16(18(23)24)9-12-10-20-15-4-2-1-3-14(12)15/h5-8,12,14-16,20H,1-4,9-10H2,(H,21,22)(H,23,24). The number of benzene rings is 1. The van der Waals surface area contributed by atoms with Crippen molar-refractivity contribution in [3.05, 3.63) is 34.9 Å². The third-order valence-corrected chi connectivity index (χ3v) is 5.57. The van der Waals surface area contributed by atoms with E-state index >= 15 is 0 Å². The molecule has 0 aromatic heterocycles. The van der Waals surface area contributed by atoms with E-state index in [9.17, 15) is 14.7 Å². The minimum absolute atomic E-state index is 0.307. The van der Waals surface area contributed by atoms with Gasteiger partial charge in [-0.2, -0.15) is 0 Å². The van der Waals surface area contributed by atoms with Crippen LogP contribution in [0.4, 0.5) is 0 Å². The molecular formula is C18H23ClN2O3. The van der Waals surface area contributed by atoms with E-state index in [0.29, 0.717) is 34.9 Å². The second kappa shape index (κ2) is 7.53. The Bertz CT molecular complexity index is 605. The molecule has 2 fully saturated rings. The molecular weight excluding hydrogens is 328 g/mol. The molecule has 0 radical (unpaired) electrons. The Hall–Kier alpha value is -1.59. The number of fused-ring (bicyclic) bond motifs is 1. The zero-order valence-corrected chi connectivity index (χ0v) is 14.3. The Morgan fingerprint density at radius 3 is 2.67 bits per heavy atom. The molecule has 1 saturated carbocycles. The predicted molar refractivity (Wildman–Crippen MR) is 92.2 cm³/mol. The summed E-state index contributed by atoms with van der Waals surface area (Å²) >= 11 is 5.82. The van der Waals surface area contributed by atoms with Crippen LogP contribution in [0.25, 0.3) is 0 Å². The summed E-state index contributed by atoms with van der Waals surface area (Å²) in [5.74, 6) is -0.503. The minimum Gasteiger partial charge on any atom is -0.480 e. The number of aliphatic carboxylic acids is 1. The summed E-state index contributed by atoms with van der Waals surface area (Å²) in [6.07, 6.45) is 5.27. The Balaban J connectivity index is 1.63. The van der Waals surface area contributed by atoms with Crippen LogP contribution in [0.15, 0.2) is 24.3 Å². The molecule has 24 heavy (non-hydrogen) atoms. The van der Waals surface area contributed by atoms with Crippen LogP contribution in [-0.4, -0.2) is 35.6 Å². The first kappa shape index (κ1) is 17.2. The second-order valence-corrected chi connectivity index (χ2v) is 7.27. The van der Waals surface area contributed by atoms with Crippen molar-refractivity contribution in [1.29, 1.82) is 0 Å². The van der Waals surface area contributed by atoms with Crippen LogP contribution in [-0.2, 0) is 4.79 Å². The van der Waals surface area contributed by atoms with Crippen molar-refractivity contribution in [3.8, 4) is 0 Å². The Morgan fingerprint density at radius 2 is 1.96 bits per heavy atom. The van der Waals surface area contributed by atoms with Crippen LogP contribution in [0.5, 0.6) is 0 Å². The number of carbonyl (C=O) groups is 2. The quantitative estimate of drug-likeness (QED) is 0.763. The summed E-state index contributed by atoms with van der Waals surface area (Å²) in [5.41, 5.74) is 0.422. The van der Waals surface area contributed by atoms with Crippen LogP contribution in [0, 0.1) is 11.8 Å². The van der Waals surface area contributed by atoms with Crippen molar-refractivity contribution in [2.45, 2.75) is 44.2 Å². The van der Waals surface area contributed by atoms with Crippen molar-refractivity contribution >= 4 is 23.5 Å². The maximum atomic E-state index is 12.3. The van der Waals surface area contributed by atoms with Gasteiger partial charge in [0.1, 0.15) is 6.04 Å². The molecule has 130 valence electrons. The van der Waals surface area contributed by atoms with Gasteiger partial charge in [0.05, 0.1) is 0 Å². The average molecular weight is 351 g/mol. The monoisotopic (exact) mass is 350 g/mol. The summed E-state index contributed by atoms with van der Waals surface area (Å²) in [6.45, 7) is 0.843. The number of hydrogen-bond donors (Lipinski definition) is 3. The number of halogens is 1. The fourth-order valence-electron chi connectivity index (χ4n) is 4.06. The van der Waals surface area contributed by atoms with Gasteiger partial charge in [0.25, 0.3) is 5.91 Å². The van der Waals surface area contributed by atoms with E-state index < -0.39 is 12.0 Å². The highest BCUT2D eigenvalue weighted by molar-refractivity contribution is 6.30. The van der Waals surface area contributed by atoms with Crippen LogP contribution in [0.2, 0.25) is 5.02 Å². The third kappa shape index (κ3) is 3.90. The molecule has 0 bridgehead atoms. The number of rotatable bonds is 5. The number of hydrogen-bond acceptors (Lipinski definition) is 3. The molecule has 1 aromatic carbocycles. The molecule has 1 aromatic rings. The highest BCUT2D eigenvalue weighted by Gasteiger charge is 2.39. The van der Waals surface area contributed by atoms with Gasteiger partial charge in [-0.3, -0.25) is 4.79 Å². The summed E-state index contributed by atoms with van der Waals surface area (Å²) < 4.78 is 0. The second-order valence-electron chi connectivity index (χ2n) is 6.83. The number of carboxylic acid groups (broad SMARTS) is 1. The first-order valence-corrected chi connectivity index (χ1v) is 8.95. The minimum atomic E-state index is -0.975. The molecule has 0 spiro atoms. The van der Waals surface area contributed by atoms with Crippen LogP contribution >= 0.6 is 11.6 Å². The van der Waals surface area contributed by atoms with Crippen molar-refractivity contribution in [2.24, 2.45) is 11.8 Å². The lowest BCUT2D eigenvalue weighted by atomic mass is 9.77. The maximum absolute atomic E-state index is 12.3. The van der Waals surface area contributed by atoms with E-state index in [-0.39, 0.29) is 5.91 Å². The maximum Gasteiger partial charge on any atom is 0.326 e. The molecule has 1 saturated heterocycles. The van der Waals surface area contributed by atoms with E-state index in [1.807, 2.05) is 0 Å². The smallest absolute Gasteiger partial charge is 0.326 e. The van der Waals surface area contributed by atoms with Crippen molar-refractivity contribution in [2.75, 3.05) is 6.54 Å². The van der Waals surface area contributed by atoms with E-state index in [1.54, 1.807) is 24.3 Å². The topological polar surface area (TPSA) is 78.4 Å². The van der Waals surface area contributed by atoms with Crippen molar-refractivity contribution in [3.63, 3.8) is 0 Å². The summed E-state index contributed by atoms with van der Waals surface area (Å²) in [5, 5.41) is 16.2. The lowest BCUT2D eigenvalue weighted by Gasteiger charge is -2.29. The molecule has 4 atom stereocenters. The molecule has 1 amide bonds. The fraction of sp³-hybridized carbons (Fsp3) is 0.556. The lowest BCUT2D eigenvalue weighted by Crippen LogP contribution is -2.43. The van der Waals surface area contributed by atoms with E-state index in [4.69, 9.17) is 11.6 Å². The predicted octanol–water partition coefficient (Wildman–Crippen LogP) is 2.69. The third-order valence-electron chi connectivity index (χ3n) is 5.32.